The zero-order chi connectivity index (χ0) is 22.8. The summed E-state index contributed by atoms with van der Waals surface area (Å²) < 4.78 is 14.8. The first-order valence-electron chi connectivity index (χ1n) is 11.1. The molecule has 1 saturated carbocycles. The van der Waals surface area contributed by atoms with Gasteiger partial charge in [-0.15, -0.1) is 0 Å². The van der Waals surface area contributed by atoms with Crippen LogP contribution >= 0.6 is 0 Å². The Morgan fingerprint density at radius 1 is 0.800 bits per heavy atom. The summed E-state index contributed by atoms with van der Waals surface area (Å²) in [5, 5.41) is 0. The largest absolute Gasteiger partial charge is 0.300 e. The number of hydrogen-bond acceptors (Lipinski definition) is 2. The molecule has 3 aromatic rings. The van der Waals surface area contributed by atoms with E-state index in [1.165, 1.54) is 6.08 Å². The molecule has 4 rings (SSSR count). The molecule has 0 aromatic heterocycles. The lowest BCUT2D eigenvalue weighted by Crippen LogP contribution is -2.02. The van der Waals surface area contributed by atoms with E-state index in [-0.39, 0.29) is 17.6 Å². The SMILES string of the molecule is [2H]C(=O)/C=C/c1ccccc1.[2H]C1C(=O)CC(/C=C/c2ccccc2)C1c1ccccc1. The van der Waals surface area contributed by atoms with Gasteiger partial charge in [0, 0.05) is 14.2 Å². The van der Waals surface area contributed by atoms with Crippen molar-refractivity contribution in [2.75, 3.05) is 0 Å². The van der Waals surface area contributed by atoms with Crippen LogP contribution in [0.25, 0.3) is 12.2 Å². The number of hydrogen-bond donors (Lipinski definition) is 0. The molecule has 150 valence electrons. The first-order valence-corrected chi connectivity index (χ1v) is 10.0. The van der Waals surface area contributed by atoms with E-state index in [2.05, 4.69) is 12.2 Å². The summed E-state index contributed by atoms with van der Waals surface area (Å²) in [6, 6.07) is 29.5. The van der Waals surface area contributed by atoms with Crippen molar-refractivity contribution in [1.82, 2.24) is 0 Å². The number of carbonyl (C=O) groups excluding carboxylic acids is 2. The van der Waals surface area contributed by atoms with Crippen LogP contribution in [-0.4, -0.2) is 12.0 Å². The van der Waals surface area contributed by atoms with Gasteiger partial charge < -0.3 is 0 Å². The van der Waals surface area contributed by atoms with E-state index in [1.54, 1.807) is 6.08 Å². The maximum absolute atomic E-state index is 12.0. The van der Waals surface area contributed by atoms with Gasteiger partial charge in [0.25, 0.3) is 0 Å². The molecule has 1 aliphatic rings. The summed E-state index contributed by atoms with van der Waals surface area (Å²) in [5.41, 5.74) is 3.16. The van der Waals surface area contributed by atoms with Crippen LogP contribution in [0.1, 0.15) is 38.2 Å². The molecule has 0 N–H and O–H groups in total. The maximum Gasteiger partial charge on any atom is 0.142 e. The number of ketones is 1. The smallest absolute Gasteiger partial charge is 0.142 e. The van der Waals surface area contributed by atoms with E-state index < -0.39 is 12.7 Å². The van der Waals surface area contributed by atoms with Crippen LogP contribution < -0.4 is 0 Å². The third-order valence-electron chi connectivity index (χ3n) is 4.93. The molecular weight excluding hydrogens is 368 g/mol. The summed E-state index contributed by atoms with van der Waals surface area (Å²) >= 11 is 0. The van der Waals surface area contributed by atoms with Crippen molar-refractivity contribution in [3.63, 3.8) is 0 Å². The fraction of sp³-hybridized carbons (Fsp3) is 0.143. The summed E-state index contributed by atoms with van der Waals surface area (Å²) in [6.07, 6.45) is 6.17. The molecular formula is C28H26O2. The fourth-order valence-electron chi connectivity index (χ4n) is 3.45. The second kappa shape index (κ2) is 11.5. The van der Waals surface area contributed by atoms with E-state index in [9.17, 15) is 9.59 Å². The predicted molar refractivity (Wildman–Crippen MR) is 124 cm³/mol. The Hall–Kier alpha value is -3.52. The van der Waals surface area contributed by atoms with Crippen molar-refractivity contribution in [2.45, 2.75) is 18.7 Å². The van der Waals surface area contributed by atoms with E-state index in [4.69, 9.17) is 2.74 Å². The molecule has 0 radical (unpaired) electrons. The predicted octanol–water partition coefficient (Wildman–Crippen LogP) is 6.36. The van der Waals surface area contributed by atoms with Crippen LogP contribution in [0.5, 0.6) is 0 Å². The third kappa shape index (κ3) is 6.52. The lowest BCUT2D eigenvalue weighted by atomic mass is 9.88. The minimum absolute atomic E-state index is 0.0290. The number of aldehydes is 1. The van der Waals surface area contributed by atoms with Crippen molar-refractivity contribution < 1.29 is 12.3 Å². The van der Waals surface area contributed by atoms with Crippen molar-refractivity contribution in [1.29, 1.82) is 0 Å². The Bertz CT molecular complexity index is 1060. The highest BCUT2D eigenvalue weighted by molar-refractivity contribution is 5.83. The molecule has 3 unspecified atom stereocenters. The average molecular weight is 397 g/mol. The van der Waals surface area contributed by atoms with Gasteiger partial charge in [0.2, 0.25) is 0 Å². The third-order valence-corrected chi connectivity index (χ3v) is 4.93. The molecule has 0 bridgehead atoms. The van der Waals surface area contributed by atoms with Gasteiger partial charge in [-0.05, 0) is 34.6 Å². The summed E-state index contributed by atoms with van der Waals surface area (Å²) in [4.78, 5) is 22.2. The molecule has 0 heterocycles. The van der Waals surface area contributed by atoms with Gasteiger partial charge in [-0.2, -0.15) is 0 Å². The number of carbonyl (C=O) groups is 2. The monoisotopic (exact) mass is 396 g/mol. The van der Waals surface area contributed by atoms with Gasteiger partial charge in [-0.1, -0.05) is 109 Å². The molecule has 3 atom stereocenters. The quantitative estimate of drug-likeness (QED) is 0.371. The Morgan fingerprint density at radius 3 is 1.90 bits per heavy atom. The van der Waals surface area contributed by atoms with Crippen molar-refractivity contribution in [2.24, 2.45) is 5.92 Å². The molecule has 1 fully saturated rings. The number of Topliss-reactive ketones (excluding diaryl/α,β-unsaturated/α-hetero) is 1. The molecule has 1 aliphatic carbocycles. The lowest BCUT2D eigenvalue weighted by Gasteiger charge is -2.15. The zero-order valence-electron chi connectivity index (χ0n) is 18.7. The average Bonchev–Trinajstić information content (AvgIpc) is 3.12. The highest BCUT2D eigenvalue weighted by atomic mass is 16.1. The summed E-state index contributed by atoms with van der Waals surface area (Å²) in [5.74, 6) is 0.132. The van der Waals surface area contributed by atoms with Crippen LogP contribution in [0.4, 0.5) is 0 Å². The maximum atomic E-state index is 12.0. The number of benzene rings is 3. The highest BCUT2D eigenvalue weighted by Gasteiger charge is 2.32. The Kier molecular flexibility index (Phi) is 7.08. The molecule has 0 aliphatic heterocycles. The van der Waals surface area contributed by atoms with E-state index in [0.717, 1.165) is 16.7 Å². The molecule has 30 heavy (non-hydrogen) atoms. The summed E-state index contributed by atoms with van der Waals surface area (Å²) in [6.45, 7) is 0. The van der Waals surface area contributed by atoms with Gasteiger partial charge in [-0.25, -0.2) is 0 Å². The minimum atomic E-state index is -0.672. The topological polar surface area (TPSA) is 34.1 Å². The van der Waals surface area contributed by atoms with Gasteiger partial charge in [0.15, 0.2) is 0 Å². The van der Waals surface area contributed by atoms with Gasteiger partial charge in [0.1, 0.15) is 13.4 Å². The van der Waals surface area contributed by atoms with Crippen molar-refractivity contribution in [3.8, 4) is 0 Å². The van der Waals surface area contributed by atoms with Gasteiger partial charge >= 0.3 is 0 Å². The van der Waals surface area contributed by atoms with E-state index >= 15 is 0 Å². The summed E-state index contributed by atoms with van der Waals surface area (Å²) in [7, 11) is 0. The number of rotatable bonds is 5. The molecule has 2 heteroatoms. The highest BCUT2D eigenvalue weighted by Crippen LogP contribution is 2.38. The standard InChI is InChI=1S/C19H18O.C9H8O/c20-18-13-17(12-11-15-7-3-1-4-8-15)19(14-18)16-9-5-2-6-10-16;10-8-4-7-9-5-2-1-3-6-9/h1-12,17,19H,13-14H2;1-8H/b12-11+;7-4+/i14D;8D. The first-order chi connectivity index (χ1) is 15.5. The van der Waals surface area contributed by atoms with Crippen LogP contribution in [0, 0.1) is 5.92 Å². The Labute approximate surface area is 181 Å². The van der Waals surface area contributed by atoms with Gasteiger partial charge in [-0.3, -0.25) is 9.59 Å². The minimum Gasteiger partial charge on any atom is -0.300 e. The second-order valence-electron chi connectivity index (χ2n) is 7.07. The fourth-order valence-corrected chi connectivity index (χ4v) is 3.45. The first kappa shape index (κ1) is 18.5. The number of allylic oxidation sites excluding steroid dienone is 2. The molecule has 0 saturated heterocycles. The van der Waals surface area contributed by atoms with Crippen LogP contribution in [0.3, 0.4) is 0 Å². The van der Waals surface area contributed by atoms with Crippen molar-refractivity contribution in [3.05, 3.63) is 120 Å². The lowest BCUT2D eigenvalue weighted by molar-refractivity contribution is -0.117. The molecule has 0 spiro atoms. The van der Waals surface area contributed by atoms with E-state index in [0.29, 0.717) is 6.42 Å². The van der Waals surface area contributed by atoms with Gasteiger partial charge in [0.05, 0.1) is 0 Å². The Morgan fingerprint density at radius 2 is 1.33 bits per heavy atom. The van der Waals surface area contributed by atoms with Crippen LogP contribution in [-0.2, 0) is 9.59 Å². The normalized spacial score (nSPS) is 21.7. The van der Waals surface area contributed by atoms with E-state index in [1.807, 2.05) is 91.0 Å². The van der Waals surface area contributed by atoms with Crippen LogP contribution in [0.15, 0.2) is 103 Å². The Balaban J connectivity index is 0.000000222. The van der Waals surface area contributed by atoms with Crippen molar-refractivity contribution >= 4 is 24.2 Å². The molecule has 3 aromatic carbocycles. The van der Waals surface area contributed by atoms with Crippen LogP contribution in [0.2, 0.25) is 0 Å². The second-order valence-corrected chi connectivity index (χ2v) is 7.07. The molecule has 0 amide bonds. The molecule has 2 nitrogen and oxygen atoms in total. The zero-order valence-corrected chi connectivity index (χ0v) is 16.7.